The Hall–Kier alpha value is -0.0800. The molecule has 2 nitrogen and oxygen atoms in total. The normalized spacial score (nSPS) is 33.8. The molecule has 0 amide bonds. The number of hydrogen-bond donors (Lipinski definition) is 1. The zero-order chi connectivity index (χ0) is 11.5. The second-order valence-corrected chi connectivity index (χ2v) is 5.96. The Balaban J connectivity index is 1.98. The van der Waals surface area contributed by atoms with E-state index >= 15 is 0 Å². The second-order valence-electron chi connectivity index (χ2n) is 5.96. The fraction of sp³-hybridized carbons (Fsp3) is 1.00. The first-order valence-electron chi connectivity index (χ1n) is 7.21. The van der Waals surface area contributed by atoms with E-state index in [0.717, 1.165) is 18.0 Å². The van der Waals surface area contributed by atoms with Crippen LogP contribution in [0.25, 0.3) is 0 Å². The molecular weight excluding hydrogens is 196 g/mol. The van der Waals surface area contributed by atoms with Crippen LogP contribution >= 0.6 is 0 Å². The van der Waals surface area contributed by atoms with Crippen molar-refractivity contribution in [3.63, 3.8) is 0 Å². The minimum Gasteiger partial charge on any atom is -0.311 e. The van der Waals surface area contributed by atoms with E-state index in [1.165, 1.54) is 45.2 Å². The molecule has 2 aliphatic rings. The molecule has 94 valence electrons. The van der Waals surface area contributed by atoms with Crippen LogP contribution in [0, 0.1) is 5.92 Å². The Labute approximate surface area is 101 Å². The summed E-state index contributed by atoms with van der Waals surface area (Å²) in [6, 6.07) is 2.40. The van der Waals surface area contributed by atoms with Crippen molar-refractivity contribution in [3.8, 4) is 0 Å². The summed E-state index contributed by atoms with van der Waals surface area (Å²) in [6.45, 7) is 9.51. The molecular formula is C14H28N2. The Kier molecular flexibility index (Phi) is 4.26. The van der Waals surface area contributed by atoms with Gasteiger partial charge >= 0.3 is 0 Å². The first kappa shape index (κ1) is 12.4. The van der Waals surface area contributed by atoms with Crippen LogP contribution in [-0.4, -0.2) is 36.1 Å². The van der Waals surface area contributed by atoms with E-state index in [9.17, 15) is 0 Å². The van der Waals surface area contributed by atoms with Crippen molar-refractivity contribution in [1.82, 2.24) is 10.2 Å². The van der Waals surface area contributed by atoms with E-state index in [0.29, 0.717) is 6.04 Å². The fourth-order valence-corrected chi connectivity index (χ4v) is 3.35. The van der Waals surface area contributed by atoms with Gasteiger partial charge in [0.1, 0.15) is 0 Å². The molecule has 2 rings (SSSR count). The zero-order valence-corrected chi connectivity index (χ0v) is 11.2. The van der Waals surface area contributed by atoms with Crippen LogP contribution in [-0.2, 0) is 0 Å². The van der Waals surface area contributed by atoms with Gasteiger partial charge in [0, 0.05) is 31.2 Å². The van der Waals surface area contributed by atoms with Crippen LogP contribution in [0.4, 0.5) is 0 Å². The summed E-state index contributed by atoms with van der Waals surface area (Å²) >= 11 is 0. The SMILES string of the molecule is CCC1CNC(C(C)C)CN1C1CCCC1. The number of hydrogen-bond acceptors (Lipinski definition) is 2. The highest BCUT2D eigenvalue weighted by atomic mass is 15.3. The van der Waals surface area contributed by atoms with Crippen molar-refractivity contribution in [1.29, 1.82) is 0 Å². The van der Waals surface area contributed by atoms with Gasteiger partial charge in [0.2, 0.25) is 0 Å². The van der Waals surface area contributed by atoms with Crippen LogP contribution in [0.3, 0.4) is 0 Å². The van der Waals surface area contributed by atoms with Gasteiger partial charge in [0.15, 0.2) is 0 Å². The van der Waals surface area contributed by atoms with Crippen LogP contribution in [0.2, 0.25) is 0 Å². The molecule has 1 aliphatic heterocycles. The van der Waals surface area contributed by atoms with Crippen LogP contribution in [0.5, 0.6) is 0 Å². The molecule has 2 unspecified atom stereocenters. The highest BCUT2D eigenvalue weighted by Crippen LogP contribution is 2.28. The predicted molar refractivity (Wildman–Crippen MR) is 69.7 cm³/mol. The number of nitrogens with zero attached hydrogens (tertiary/aromatic N) is 1. The Morgan fingerprint density at radius 2 is 1.94 bits per heavy atom. The van der Waals surface area contributed by atoms with E-state index in [2.05, 4.69) is 31.0 Å². The van der Waals surface area contributed by atoms with E-state index in [1.54, 1.807) is 0 Å². The highest BCUT2D eigenvalue weighted by molar-refractivity contribution is 4.91. The van der Waals surface area contributed by atoms with Crippen LogP contribution in [0.1, 0.15) is 52.9 Å². The number of piperazine rings is 1. The molecule has 2 fully saturated rings. The molecule has 0 radical (unpaired) electrons. The second kappa shape index (κ2) is 5.50. The summed E-state index contributed by atoms with van der Waals surface area (Å²) in [7, 11) is 0. The molecule has 16 heavy (non-hydrogen) atoms. The summed E-state index contributed by atoms with van der Waals surface area (Å²) in [5.41, 5.74) is 0. The molecule has 0 spiro atoms. The van der Waals surface area contributed by atoms with Gasteiger partial charge in [0.25, 0.3) is 0 Å². The van der Waals surface area contributed by atoms with Gasteiger partial charge in [-0.25, -0.2) is 0 Å². The van der Waals surface area contributed by atoms with Gasteiger partial charge in [-0.15, -0.1) is 0 Å². The lowest BCUT2D eigenvalue weighted by Gasteiger charge is -2.44. The smallest absolute Gasteiger partial charge is 0.0221 e. The first-order chi connectivity index (χ1) is 7.72. The fourth-order valence-electron chi connectivity index (χ4n) is 3.35. The minimum atomic E-state index is 0.711. The quantitative estimate of drug-likeness (QED) is 0.793. The van der Waals surface area contributed by atoms with Gasteiger partial charge in [-0.2, -0.15) is 0 Å². The Morgan fingerprint density at radius 1 is 1.25 bits per heavy atom. The van der Waals surface area contributed by atoms with Crippen molar-refractivity contribution in [3.05, 3.63) is 0 Å². The molecule has 1 aliphatic carbocycles. The number of rotatable bonds is 3. The molecule has 0 bridgehead atoms. The van der Waals surface area contributed by atoms with Gasteiger partial charge in [-0.05, 0) is 25.2 Å². The van der Waals surface area contributed by atoms with E-state index in [1.807, 2.05) is 0 Å². The van der Waals surface area contributed by atoms with Crippen molar-refractivity contribution in [2.24, 2.45) is 5.92 Å². The monoisotopic (exact) mass is 224 g/mol. The average molecular weight is 224 g/mol. The van der Waals surface area contributed by atoms with E-state index in [-0.39, 0.29) is 0 Å². The summed E-state index contributed by atoms with van der Waals surface area (Å²) in [4.78, 5) is 2.83. The van der Waals surface area contributed by atoms with Crippen molar-refractivity contribution < 1.29 is 0 Å². The topological polar surface area (TPSA) is 15.3 Å². The lowest BCUT2D eigenvalue weighted by Crippen LogP contribution is -2.60. The van der Waals surface area contributed by atoms with Gasteiger partial charge in [-0.3, -0.25) is 4.90 Å². The molecule has 1 heterocycles. The van der Waals surface area contributed by atoms with E-state index < -0.39 is 0 Å². The lowest BCUT2D eigenvalue weighted by atomic mass is 9.96. The lowest BCUT2D eigenvalue weighted by molar-refractivity contribution is 0.0692. The summed E-state index contributed by atoms with van der Waals surface area (Å²) in [5.74, 6) is 0.765. The van der Waals surface area contributed by atoms with Crippen LogP contribution in [0.15, 0.2) is 0 Å². The Morgan fingerprint density at radius 3 is 2.50 bits per heavy atom. The van der Waals surface area contributed by atoms with Crippen molar-refractivity contribution >= 4 is 0 Å². The number of nitrogens with one attached hydrogen (secondary N) is 1. The van der Waals surface area contributed by atoms with Gasteiger partial charge < -0.3 is 5.32 Å². The molecule has 1 saturated carbocycles. The molecule has 1 saturated heterocycles. The Bertz CT molecular complexity index is 207. The maximum Gasteiger partial charge on any atom is 0.0221 e. The molecule has 0 aromatic heterocycles. The standard InChI is InChI=1S/C14H28N2/c1-4-12-9-15-14(11(2)3)10-16(12)13-7-5-6-8-13/h11-15H,4-10H2,1-3H3. The minimum absolute atomic E-state index is 0.711. The first-order valence-corrected chi connectivity index (χ1v) is 7.21. The van der Waals surface area contributed by atoms with Crippen LogP contribution < -0.4 is 5.32 Å². The molecule has 2 heteroatoms. The molecule has 2 atom stereocenters. The average Bonchev–Trinajstić information content (AvgIpc) is 2.81. The summed E-state index contributed by atoms with van der Waals surface area (Å²) in [5, 5.41) is 3.73. The maximum atomic E-state index is 3.73. The molecule has 0 aromatic rings. The van der Waals surface area contributed by atoms with Gasteiger partial charge in [-0.1, -0.05) is 33.6 Å². The highest BCUT2D eigenvalue weighted by Gasteiger charge is 2.33. The third-order valence-corrected chi connectivity index (χ3v) is 4.56. The van der Waals surface area contributed by atoms with Crippen molar-refractivity contribution in [2.75, 3.05) is 13.1 Å². The molecule has 1 N–H and O–H groups in total. The van der Waals surface area contributed by atoms with Crippen molar-refractivity contribution in [2.45, 2.75) is 71.0 Å². The third kappa shape index (κ3) is 2.60. The van der Waals surface area contributed by atoms with Gasteiger partial charge in [0.05, 0.1) is 0 Å². The molecule has 0 aromatic carbocycles. The predicted octanol–water partition coefficient (Wildman–Crippen LogP) is 2.64. The zero-order valence-electron chi connectivity index (χ0n) is 11.2. The summed E-state index contributed by atoms with van der Waals surface area (Å²) in [6.07, 6.45) is 7.10. The summed E-state index contributed by atoms with van der Waals surface area (Å²) < 4.78 is 0. The third-order valence-electron chi connectivity index (χ3n) is 4.56. The largest absolute Gasteiger partial charge is 0.311 e. The van der Waals surface area contributed by atoms with E-state index in [4.69, 9.17) is 0 Å². The maximum absolute atomic E-state index is 3.73.